The fourth-order valence-corrected chi connectivity index (χ4v) is 5.78. The monoisotopic (exact) mass is 581 g/mol. The molecule has 0 spiro atoms. The van der Waals surface area contributed by atoms with Gasteiger partial charge in [0.05, 0.1) is 24.8 Å². The lowest BCUT2D eigenvalue weighted by Gasteiger charge is -2.33. The van der Waals surface area contributed by atoms with E-state index in [9.17, 15) is 18.0 Å². The molecule has 1 atom stereocenters. The molecule has 0 aliphatic rings. The van der Waals surface area contributed by atoms with E-state index < -0.39 is 28.5 Å². The lowest BCUT2D eigenvalue weighted by Crippen LogP contribution is -2.52. The van der Waals surface area contributed by atoms with Crippen LogP contribution >= 0.6 is 0 Å². The number of benzene rings is 3. The third kappa shape index (κ3) is 8.00. The molecule has 0 bridgehead atoms. The third-order valence-corrected chi connectivity index (χ3v) is 8.30. The van der Waals surface area contributed by atoms with Crippen LogP contribution in [0, 0.1) is 5.92 Å². The molecule has 3 rings (SSSR count). The van der Waals surface area contributed by atoms with Crippen LogP contribution in [-0.4, -0.2) is 58.5 Å². The summed E-state index contributed by atoms with van der Waals surface area (Å²) in [5.41, 5.74) is 1.14. The number of hydrogen-bond acceptors (Lipinski definition) is 6. The van der Waals surface area contributed by atoms with Crippen molar-refractivity contribution in [3.63, 3.8) is 0 Å². The van der Waals surface area contributed by atoms with Crippen molar-refractivity contribution in [2.45, 2.75) is 44.7 Å². The van der Waals surface area contributed by atoms with Crippen LogP contribution in [0.2, 0.25) is 0 Å². The van der Waals surface area contributed by atoms with E-state index in [1.165, 1.54) is 37.3 Å². The molecule has 220 valence electrons. The Bertz CT molecular complexity index is 1400. The number of hydrogen-bond donors (Lipinski definition) is 1. The topological polar surface area (TPSA) is 105 Å². The second kappa shape index (κ2) is 14.5. The number of nitrogens with zero attached hydrogens (tertiary/aromatic N) is 2. The number of anilines is 1. The summed E-state index contributed by atoms with van der Waals surface area (Å²) in [6.45, 7) is 5.91. The van der Waals surface area contributed by atoms with E-state index in [2.05, 4.69) is 5.32 Å². The summed E-state index contributed by atoms with van der Waals surface area (Å²) in [5, 5.41) is 2.93. The quantitative estimate of drug-likeness (QED) is 0.301. The molecule has 2 amide bonds. The summed E-state index contributed by atoms with van der Waals surface area (Å²) < 4.78 is 39.8. The van der Waals surface area contributed by atoms with Gasteiger partial charge < -0.3 is 19.7 Å². The number of carbonyl (C=O) groups is 2. The Kier molecular flexibility index (Phi) is 11.2. The van der Waals surface area contributed by atoms with Crippen molar-refractivity contribution in [3.05, 3.63) is 84.4 Å². The standard InChI is InChI=1S/C31H39N3O6S/c1-6-27(31(36)32-20-23(2)3)33(21-24-13-9-7-10-14-24)30(35)22-34(25-15-11-8-12-16-25)41(37,38)26-17-18-28(39-4)29(19-26)40-5/h7-19,23,27H,6,20-22H2,1-5H3,(H,32,36). The number of nitrogens with one attached hydrogen (secondary N) is 1. The van der Waals surface area contributed by atoms with Crippen LogP contribution < -0.4 is 19.1 Å². The summed E-state index contributed by atoms with van der Waals surface area (Å²) in [4.78, 5) is 28.7. The lowest BCUT2D eigenvalue weighted by molar-refractivity contribution is -0.140. The normalized spacial score (nSPS) is 12.0. The number of sulfonamides is 1. The first-order valence-electron chi connectivity index (χ1n) is 13.5. The van der Waals surface area contributed by atoms with E-state index in [1.54, 1.807) is 30.3 Å². The van der Waals surface area contributed by atoms with E-state index in [4.69, 9.17) is 9.47 Å². The summed E-state index contributed by atoms with van der Waals surface area (Å²) in [6, 6.07) is 21.2. The van der Waals surface area contributed by atoms with Gasteiger partial charge in [0, 0.05) is 19.2 Å². The summed E-state index contributed by atoms with van der Waals surface area (Å²) in [7, 11) is -1.36. The highest BCUT2D eigenvalue weighted by molar-refractivity contribution is 7.92. The minimum atomic E-state index is -4.24. The molecule has 3 aromatic rings. The Balaban J connectivity index is 2.04. The molecule has 9 nitrogen and oxygen atoms in total. The fraction of sp³-hybridized carbons (Fsp3) is 0.355. The highest BCUT2D eigenvalue weighted by Crippen LogP contribution is 2.32. The van der Waals surface area contributed by atoms with Gasteiger partial charge in [0.25, 0.3) is 10.0 Å². The fourth-order valence-electron chi connectivity index (χ4n) is 4.35. The molecule has 0 heterocycles. The van der Waals surface area contributed by atoms with Gasteiger partial charge in [0.15, 0.2) is 11.5 Å². The van der Waals surface area contributed by atoms with Crippen molar-refractivity contribution in [2.24, 2.45) is 5.92 Å². The Hall–Kier alpha value is -4.05. The van der Waals surface area contributed by atoms with E-state index >= 15 is 0 Å². The maximum Gasteiger partial charge on any atom is 0.264 e. The zero-order valence-corrected chi connectivity index (χ0v) is 25.1. The van der Waals surface area contributed by atoms with Gasteiger partial charge in [-0.05, 0) is 42.2 Å². The van der Waals surface area contributed by atoms with Crippen molar-refractivity contribution < 1.29 is 27.5 Å². The van der Waals surface area contributed by atoms with E-state index in [0.717, 1.165) is 9.87 Å². The van der Waals surface area contributed by atoms with Crippen molar-refractivity contribution >= 4 is 27.5 Å². The minimum absolute atomic E-state index is 0.0665. The first-order valence-corrected chi connectivity index (χ1v) is 15.0. The molecule has 0 aliphatic heterocycles. The van der Waals surface area contributed by atoms with Gasteiger partial charge in [-0.15, -0.1) is 0 Å². The number of carbonyl (C=O) groups excluding carboxylic acids is 2. The average Bonchev–Trinajstić information content (AvgIpc) is 2.98. The Morgan fingerprint density at radius 3 is 2.05 bits per heavy atom. The predicted octanol–water partition coefficient (Wildman–Crippen LogP) is 4.48. The van der Waals surface area contributed by atoms with Gasteiger partial charge in [-0.1, -0.05) is 69.3 Å². The molecule has 3 aromatic carbocycles. The first kappa shape index (κ1) is 31.5. The SMILES string of the molecule is CCC(C(=O)NCC(C)C)N(Cc1ccccc1)C(=O)CN(c1ccccc1)S(=O)(=O)c1ccc(OC)c(OC)c1. The second-order valence-electron chi connectivity index (χ2n) is 9.93. The van der Waals surface area contributed by atoms with Gasteiger partial charge in [-0.25, -0.2) is 8.42 Å². The van der Waals surface area contributed by atoms with Crippen molar-refractivity contribution in [3.8, 4) is 11.5 Å². The predicted molar refractivity (Wildman–Crippen MR) is 159 cm³/mol. The highest BCUT2D eigenvalue weighted by atomic mass is 32.2. The van der Waals surface area contributed by atoms with Crippen LogP contribution in [0.25, 0.3) is 0 Å². The molecular weight excluding hydrogens is 542 g/mol. The third-order valence-electron chi connectivity index (χ3n) is 6.53. The van der Waals surface area contributed by atoms with Crippen LogP contribution in [0.5, 0.6) is 11.5 Å². The molecule has 41 heavy (non-hydrogen) atoms. The van der Waals surface area contributed by atoms with Crippen LogP contribution in [0.3, 0.4) is 0 Å². The van der Waals surface area contributed by atoms with Crippen LogP contribution in [-0.2, 0) is 26.2 Å². The van der Waals surface area contributed by atoms with Crippen molar-refractivity contribution in [2.75, 3.05) is 31.6 Å². The number of rotatable bonds is 14. The molecule has 0 aliphatic carbocycles. The molecule has 0 saturated heterocycles. The average molecular weight is 582 g/mol. The van der Waals surface area contributed by atoms with Gasteiger partial charge in [0.1, 0.15) is 12.6 Å². The Labute approximate surface area is 243 Å². The number of para-hydroxylation sites is 1. The van der Waals surface area contributed by atoms with E-state index in [1.807, 2.05) is 51.1 Å². The molecule has 0 fully saturated rings. The molecule has 1 unspecified atom stereocenters. The molecular formula is C31H39N3O6S. The zero-order valence-electron chi connectivity index (χ0n) is 24.2. The lowest BCUT2D eigenvalue weighted by atomic mass is 10.1. The van der Waals surface area contributed by atoms with Gasteiger partial charge in [-0.3, -0.25) is 13.9 Å². The van der Waals surface area contributed by atoms with E-state index in [0.29, 0.717) is 24.4 Å². The summed E-state index contributed by atoms with van der Waals surface area (Å²) in [5.74, 6) is 0.0650. The summed E-state index contributed by atoms with van der Waals surface area (Å²) in [6.07, 6.45) is 0.357. The summed E-state index contributed by atoms with van der Waals surface area (Å²) >= 11 is 0. The molecule has 0 aromatic heterocycles. The maximum absolute atomic E-state index is 14.1. The maximum atomic E-state index is 14.1. The Morgan fingerprint density at radius 2 is 1.49 bits per heavy atom. The Morgan fingerprint density at radius 1 is 0.878 bits per heavy atom. The van der Waals surface area contributed by atoms with Gasteiger partial charge in [-0.2, -0.15) is 0 Å². The van der Waals surface area contributed by atoms with Crippen LogP contribution in [0.1, 0.15) is 32.8 Å². The minimum Gasteiger partial charge on any atom is -0.493 e. The second-order valence-corrected chi connectivity index (χ2v) is 11.8. The number of amides is 2. The molecule has 1 N–H and O–H groups in total. The van der Waals surface area contributed by atoms with Crippen LogP contribution in [0.4, 0.5) is 5.69 Å². The van der Waals surface area contributed by atoms with Crippen molar-refractivity contribution in [1.82, 2.24) is 10.2 Å². The largest absolute Gasteiger partial charge is 0.493 e. The zero-order chi connectivity index (χ0) is 30.0. The molecule has 0 radical (unpaired) electrons. The molecule has 10 heteroatoms. The highest BCUT2D eigenvalue weighted by Gasteiger charge is 2.34. The van der Waals surface area contributed by atoms with Crippen molar-refractivity contribution in [1.29, 1.82) is 0 Å². The number of ether oxygens (including phenoxy) is 2. The van der Waals surface area contributed by atoms with Gasteiger partial charge >= 0.3 is 0 Å². The van der Waals surface area contributed by atoms with E-state index in [-0.39, 0.29) is 29.0 Å². The van der Waals surface area contributed by atoms with Crippen LogP contribution in [0.15, 0.2) is 83.8 Å². The van der Waals surface area contributed by atoms with Gasteiger partial charge in [0.2, 0.25) is 11.8 Å². The number of methoxy groups -OCH3 is 2. The molecule has 0 saturated carbocycles. The first-order chi connectivity index (χ1) is 19.6. The smallest absolute Gasteiger partial charge is 0.264 e.